The van der Waals surface area contributed by atoms with E-state index >= 15 is 0 Å². The van der Waals surface area contributed by atoms with Gasteiger partial charge in [-0.25, -0.2) is 4.68 Å². The largest absolute Gasteiger partial charge is 0.325 e. The summed E-state index contributed by atoms with van der Waals surface area (Å²) in [7, 11) is 0. The van der Waals surface area contributed by atoms with E-state index in [2.05, 4.69) is 41.5 Å². The molecule has 0 amide bonds. The first kappa shape index (κ1) is 10.8. The highest BCUT2D eigenvalue weighted by molar-refractivity contribution is 5.22. The standard InChI is InChI=1S/C12H16N4/c1-2-10-3-5-11(6-4-10)8-16-9-12(7-13)14-15-16/h3-6,9H,2,7-8,13H2,1H3. The average Bonchev–Trinajstić information content (AvgIpc) is 2.78. The highest BCUT2D eigenvalue weighted by Gasteiger charge is 1.99. The third-order valence-electron chi connectivity index (χ3n) is 2.57. The SMILES string of the molecule is CCc1ccc(Cn2cc(CN)nn2)cc1. The van der Waals surface area contributed by atoms with Gasteiger partial charge in [0.25, 0.3) is 0 Å². The zero-order valence-corrected chi connectivity index (χ0v) is 9.43. The second kappa shape index (κ2) is 4.90. The van der Waals surface area contributed by atoms with E-state index in [-0.39, 0.29) is 0 Å². The number of benzene rings is 1. The topological polar surface area (TPSA) is 56.7 Å². The van der Waals surface area contributed by atoms with Crippen molar-refractivity contribution < 1.29 is 0 Å². The first-order chi connectivity index (χ1) is 7.81. The van der Waals surface area contributed by atoms with Gasteiger partial charge < -0.3 is 5.73 Å². The van der Waals surface area contributed by atoms with Crippen LogP contribution in [0.2, 0.25) is 0 Å². The second-order valence-electron chi connectivity index (χ2n) is 3.78. The molecule has 0 spiro atoms. The Labute approximate surface area is 95.1 Å². The van der Waals surface area contributed by atoms with Crippen LogP contribution in [0.4, 0.5) is 0 Å². The highest BCUT2D eigenvalue weighted by atomic mass is 15.4. The molecular weight excluding hydrogens is 200 g/mol. The third kappa shape index (κ3) is 2.46. The maximum absolute atomic E-state index is 5.48. The fourth-order valence-corrected chi connectivity index (χ4v) is 1.58. The molecule has 0 atom stereocenters. The Morgan fingerprint density at radius 2 is 1.88 bits per heavy atom. The molecule has 16 heavy (non-hydrogen) atoms. The first-order valence-electron chi connectivity index (χ1n) is 5.48. The minimum Gasteiger partial charge on any atom is -0.325 e. The molecule has 1 aromatic heterocycles. The Morgan fingerprint density at radius 3 is 2.44 bits per heavy atom. The highest BCUT2D eigenvalue weighted by Crippen LogP contribution is 2.06. The number of aryl methyl sites for hydroxylation is 1. The van der Waals surface area contributed by atoms with Gasteiger partial charge in [0.2, 0.25) is 0 Å². The third-order valence-corrected chi connectivity index (χ3v) is 2.57. The molecule has 4 heteroatoms. The molecule has 0 aliphatic carbocycles. The van der Waals surface area contributed by atoms with Crippen molar-refractivity contribution in [2.45, 2.75) is 26.4 Å². The van der Waals surface area contributed by atoms with E-state index in [1.807, 2.05) is 10.9 Å². The molecule has 2 N–H and O–H groups in total. The van der Waals surface area contributed by atoms with Crippen LogP contribution in [0, 0.1) is 0 Å². The lowest BCUT2D eigenvalue weighted by Gasteiger charge is -2.02. The Morgan fingerprint density at radius 1 is 1.19 bits per heavy atom. The van der Waals surface area contributed by atoms with Crippen LogP contribution in [0.1, 0.15) is 23.7 Å². The summed E-state index contributed by atoms with van der Waals surface area (Å²) in [5, 5.41) is 7.96. The predicted octanol–water partition coefficient (Wildman–Crippen LogP) is 1.35. The summed E-state index contributed by atoms with van der Waals surface area (Å²) in [5.74, 6) is 0. The number of aromatic nitrogens is 3. The van der Waals surface area contributed by atoms with Gasteiger partial charge in [0.1, 0.15) is 0 Å². The number of hydrogen-bond donors (Lipinski definition) is 1. The minimum absolute atomic E-state index is 0.439. The molecule has 1 aromatic carbocycles. The molecule has 0 aliphatic heterocycles. The monoisotopic (exact) mass is 216 g/mol. The fraction of sp³-hybridized carbons (Fsp3) is 0.333. The molecule has 84 valence electrons. The van der Waals surface area contributed by atoms with E-state index in [0.29, 0.717) is 6.54 Å². The van der Waals surface area contributed by atoms with Crippen LogP contribution >= 0.6 is 0 Å². The van der Waals surface area contributed by atoms with Gasteiger partial charge in [-0.05, 0) is 17.5 Å². The van der Waals surface area contributed by atoms with Gasteiger partial charge in [-0.3, -0.25) is 0 Å². The van der Waals surface area contributed by atoms with Crippen molar-refractivity contribution in [3.63, 3.8) is 0 Å². The molecule has 2 rings (SSSR count). The summed E-state index contributed by atoms with van der Waals surface area (Å²) >= 11 is 0. The molecule has 4 nitrogen and oxygen atoms in total. The summed E-state index contributed by atoms with van der Waals surface area (Å²) in [6, 6.07) is 8.55. The van der Waals surface area contributed by atoms with Crippen LogP contribution in [0.5, 0.6) is 0 Å². The molecule has 0 unspecified atom stereocenters. The Balaban J connectivity index is 2.08. The van der Waals surface area contributed by atoms with E-state index < -0.39 is 0 Å². The van der Waals surface area contributed by atoms with Crippen molar-refractivity contribution in [3.8, 4) is 0 Å². The van der Waals surface area contributed by atoms with Crippen molar-refractivity contribution in [1.82, 2.24) is 15.0 Å². The van der Waals surface area contributed by atoms with Crippen LogP contribution in [0.25, 0.3) is 0 Å². The quantitative estimate of drug-likeness (QED) is 0.839. The van der Waals surface area contributed by atoms with Crippen LogP contribution in [0.15, 0.2) is 30.5 Å². The van der Waals surface area contributed by atoms with Gasteiger partial charge in [0.05, 0.1) is 18.4 Å². The van der Waals surface area contributed by atoms with Crippen LogP contribution in [-0.2, 0) is 19.5 Å². The van der Waals surface area contributed by atoms with E-state index in [0.717, 1.165) is 18.7 Å². The van der Waals surface area contributed by atoms with Crippen LogP contribution in [-0.4, -0.2) is 15.0 Å². The fourth-order valence-electron chi connectivity index (χ4n) is 1.58. The lowest BCUT2D eigenvalue weighted by atomic mass is 10.1. The van der Waals surface area contributed by atoms with E-state index in [1.54, 1.807) is 0 Å². The van der Waals surface area contributed by atoms with Crippen LogP contribution < -0.4 is 5.73 Å². The van der Waals surface area contributed by atoms with Crippen LogP contribution in [0.3, 0.4) is 0 Å². The van der Waals surface area contributed by atoms with Crippen molar-refractivity contribution in [2.24, 2.45) is 5.73 Å². The van der Waals surface area contributed by atoms with Gasteiger partial charge in [0.15, 0.2) is 0 Å². The Hall–Kier alpha value is -1.68. The van der Waals surface area contributed by atoms with Gasteiger partial charge in [-0.15, -0.1) is 5.10 Å². The average molecular weight is 216 g/mol. The smallest absolute Gasteiger partial charge is 0.0962 e. The summed E-state index contributed by atoms with van der Waals surface area (Å²) < 4.78 is 1.81. The zero-order chi connectivity index (χ0) is 11.4. The molecule has 0 saturated carbocycles. The summed E-state index contributed by atoms with van der Waals surface area (Å²) in [6.45, 7) is 3.34. The molecular formula is C12H16N4. The zero-order valence-electron chi connectivity index (χ0n) is 9.43. The molecule has 1 heterocycles. The maximum Gasteiger partial charge on any atom is 0.0962 e. The lowest BCUT2D eigenvalue weighted by Crippen LogP contribution is -2.00. The Bertz CT molecular complexity index is 444. The van der Waals surface area contributed by atoms with Gasteiger partial charge >= 0.3 is 0 Å². The summed E-state index contributed by atoms with van der Waals surface area (Å²) in [6.07, 6.45) is 2.95. The number of nitrogens with zero attached hydrogens (tertiary/aromatic N) is 3. The van der Waals surface area contributed by atoms with Gasteiger partial charge in [0, 0.05) is 6.54 Å². The second-order valence-corrected chi connectivity index (χ2v) is 3.78. The normalized spacial score (nSPS) is 10.6. The number of nitrogens with two attached hydrogens (primary N) is 1. The molecule has 0 radical (unpaired) electrons. The lowest BCUT2D eigenvalue weighted by molar-refractivity contribution is 0.649. The van der Waals surface area contributed by atoms with Crippen molar-refractivity contribution >= 4 is 0 Å². The van der Waals surface area contributed by atoms with Crippen molar-refractivity contribution in [1.29, 1.82) is 0 Å². The van der Waals surface area contributed by atoms with E-state index in [1.165, 1.54) is 11.1 Å². The van der Waals surface area contributed by atoms with Gasteiger partial charge in [-0.2, -0.15) is 0 Å². The molecule has 2 aromatic rings. The van der Waals surface area contributed by atoms with E-state index in [4.69, 9.17) is 5.73 Å². The molecule has 0 saturated heterocycles. The van der Waals surface area contributed by atoms with Gasteiger partial charge in [-0.1, -0.05) is 36.4 Å². The predicted molar refractivity (Wildman–Crippen MR) is 62.8 cm³/mol. The van der Waals surface area contributed by atoms with Crippen molar-refractivity contribution in [2.75, 3.05) is 0 Å². The summed E-state index contributed by atoms with van der Waals surface area (Å²) in [5.41, 5.74) is 8.88. The Kier molecular flexibility index (Phi) is 3.31. The summed E-state index contributed by atoms with van der Waals surface area (Å²) in [4.78, 5) is 0. The van der Waals surface area contributed by atoms with E-state index in [9.17, 15) is 0 Å². The maximum atomic E-state index is 5.48. The van der Waals surface area contributed by atoms with Crippen molar-refractivity contribution in [3.05, 3.63) is 47.3 Å². The minimum atomic E-state index is 0.439. The molecule has 0 aliphatic rings. The number of hydrogen-bond acceptors (Lipinski definition) is 3. The molecule has 0 bridgehead atoms. The number of rotatable bonds is 4. The first-order valence-corrected chi connectivity index (χ1v) is 5.48. The molecule has 0 fully saturated rings.